The molecule has 19 N–H and O–H groups in total. The summed E-state index contributed by atoms with van der Waals surface area (Å²) in [6.07, 6.45) is -33.2. The maximum Gasteiger partial charge on any atom is 0.404 e. The fourth-order valence-electron chi connectivity index (χ4n) is 7.56. The van der Waals surface area contributed by atoms with Crippen molar-refractivity contribution >= 4 is 23.9 Å². The van der Waals surface area contributed by atoms with Crippen molar-refractivity contribution in [2.75, 3.05) is 53.7 Å². The molecule has 2 amide bonds. The van der Waals surface area contributed by atoms with Crippen molar-refractivity contribution in [1.82, 2.24) is 16.0 Å². The van der Waals surface area contributed by atoms with Gasteiger partial charge < -0.3 is 127 Å². The van der Waals surface area contributed by atoms with Crippen LogP contribution in [0.5, 0.6) is 0 Å². The zero-order valence-electron chi connectivity index (χ0n) is 35.3. The van der Waals surface area contributed by atoms with Gasteiger partial charge in [-0.25, -0.2) is 4.79 Å². The van der Waals surface area contributed by atoms with Crippen LogP contribution in [0.25, 0.3) is 0 Å². The quantitative estimate of drug-likeness (QED) is 0.0325. The second-order valence-corrected chi connectivity index (χ2v) is 15.2. The number of methoxy groups -OCH3 is 1. The number of amides is 2. The Morgan fingerprint density at radius 2 is 1.16 bits per heavy atom. The van der Waals surface area contributed by atoms with Gasteiger partial charge in [-0.05, 0) is 12.8 Å². The largest absolute Gasteiger partial charge is 0.441 e. The summed E-state index contributed by atoms with van der Waals surface area (Å²) >= 11 is 0. The lowest BCUT2D eigenvalue weighted by atomic mass is 9.93. The van der Waals surface area contributed by atoms with Crippen molar-refractivity contribution < 1.29 is 103 Å². The van der Waals surface area contributed by atoms with Crippen LogP contribution in [0.15, 0.2) is 9.98 Å². The molecule has 4 aliphatic heterocycles. The highest BCUT2D eigenvalue weighted by molar-refractivity contribution is 5.78. The standard InChI is InChI=1S/C35H64N8O21/c1-12(48)42-17-13(8-44)58-31(63-28-21(52)29(57-16(11-47)25(28)64-35(38)55)43-34(37)41-7-5-4-6-40-33(36)39-2)22(53)26(17)61-32-23(54)27(18(49)14(9-45)59-32)62-30-20(51)19(50)24(56-3)15(10-46)60-30/h13-32,44-47,49-54H,4-11H2,1-3H3,(H2,38,55)(H,42,48)(H3,36,39,40)(H3,37,41,43)/t13-,14-,15-,16+,17-,18+,19-,20-,21-,22-,23-,24+,25+,26+,27+,28-,29+,30+,31+,32+/m1/s1. The van der Waals surface area contributed by atoms with Crippen LogP contribution >= 0.6 is 0 Å². The van der Waals surface area contributed by atoms with Crippen LogP contribution in [0.1, 0.15) is 19.8 Å². The van der Waals surface area contributed by atoms with E-state index in [1.54, 1.807) is 0 Å². The Bertz CT molecular complexity index is 1530. The number of guanidine groups is 2. The second kappa shape index (κ2) is 24.9. The Balaban J connectivity index is 1.60. The zero-order valence-corrected chi connectivity index (χ0v) is 35.3. The minimum atomic E-state index is -2.09. The molecule has 4 fully saturated rings. The molecule has 0 aliphatic carbocycles. The molecule has 29 heteroatoms. The molecule has 4 heterocycles. The Morgan fingerprint density at radius 1 is 0.609 bits per heavy atom. The summed E-state index contributed by atoms with van der Waals surface area (Å²) in [7, 11) is 2.73. The summed E-state index contributed by atoms with van der Waals surface area (Å²) in [5.74, 6) is -0.678. The van der Waals surface area contributed by atoms with Crippen LogP contribution in [-0.4, -0.2) is 251 Å². The van der Waals surface area contributed by atoms with Gasteiger partial charge in [0.15, 0.2) is 43.1 Å². The first-order chi connectivity index (χ1) is 30.4. The number of hydrogen-bond donors (Lipinski definition) is 16. The molecular weight excluding hydrogens is 868 g/mol. The van der Waals surface area contributed by atoms with Gasteiger partial charge in [-0.1, -0.05) is 0 Å². The summed E-state index contributed by atoms with van der Waals surface area (Å²) < 4.78 is 50.9. The van der Waals surface area contributed by atoms with Crippen molar-refractivity contribution in [3.05, 3.63) is 0 Å². The number of nitrogens with zero attached hydrogens (tertiary/aromatic N) is 2. The third-order valence-corrected chi connectivity index (χ3v) is 10.8. The van der Waals surface area contributed by atoms with Gasteiger partial charge in [0.05, 0.1) is 32.5 Å². The molecule has 0 bridgehead atoms. The molecular formula is C35H64N8O21. The predicted octanol–water partition coefficient (Wildman–Crippen LogP) is -9.62. The van der Waals surface area contributed by atoms with E-state index in [9.17, 15) is 60.7 Å². The Morgan fingerprint density at radius 3 is 1.73 bits per heavy atom. The number of unbranched alkanes of at least 4 members (excludes halogenated alkanes) is 1. The van der Waals surface area contributed by atoms with Crippen LogP contribution in [0, 0.1) is 0 Å². The number of aliphatic hydroxyl groups is 10. The summed E-state index contributed by atoms with van der Waals surface area (Å²) in [6.45, 7) is -1.58. The van der Waals surface area contributed by atoms with Gasteiger partial charge in [-0.2, -0.15) is 0 Å². The monoisotopic (exact) mass is 932 g/mol. The summed E-state index contributed by atoms with van der Waals surface area (Å²) in [5, 5.41) is 116. The van der Waals surface area contributed by atoms with E-state index in [0.717, 1.165) is 6.92 Å². The lowest BCUT2D eigenvalue weighted by Gasteiger charge is -2.50. The Labute approximate surface area is 366 Å². The normalized spacial score (nSPS) is 41.0. The van der Waals surface area contributed by atoms with Gasteiger partial charge in [0.2, 0.25) is 5.91 Å². The predicted molar refractivity (Wildman–Crippen MR) is 211 cm³/mol. The topological polar surface area (TPSA) is 458 Å². The van der Waals surface area contributed by atoms with E-state index in [-0.39, 0.29) is 18.5 Å². The number of nitrogens with two attached hydrogens (primary N) is 3. The van der Waals surface area contributed by atoms with Crippen molar-refractivity contribution in [2.45, 2.75) is 142 Å². The molecule has 0 radical (unpaired) electrons. The highest BCUT2D eigenvalue weighted by Crippen LogP contribution is 2.35. The van der Waals surface area contributed by atoms with Gasteiger partial charge in [0.25, 0.3) is 0 Å². The molecule has 0 aromatic carbocycles. The molecule has 4 rings (SSSR count). The fourth-order valence-corrected chi connectivity index (χ4v) is 7.56. The third kappa shape index (κ3) is 13.1. The summed E-state index contributed by atoms with van der Waals surface area (Å²) in [5.41, 5.74) is 17.0. The lowest BCUT2D eigenvalue weighted by Crippen LogP contribution is -2.70. The van der Waals surface area contributed by atoms with Gasteiger partial charge in [0.1, 0.15) is 85.5 Å². The summed E-state index contributed by atoms with van der Waals surface area (Å²) in [4.78, 5) is 32.5. The van der Waals surface area contributed by atoms with E-state index < -0.39 is 161 Å². The number of primary amides is 1. The van der Waals surface area contributed by atoms with Crippen LogP contribution in [0.4, 0.5) is 4.79 Å². The zero-order chi connectivity index (χ0) is 47.4. The van der Waals surface area contributed by atoms with Crippen LogP contribution in [0.2, 0.25) is 0 Å². The van der Waals surface area contributed by atoms with Crippen LogP contribution < -0.4 is 33.2 Å². The molecule has 0 unspecified atom stereocenters. The molecule has 370 valence electrons. The smallest absolute Gasteiger partial charge is 0.404 e. The molecule has 20 atom stereocenters. The molecule has 29 nitrogen and oxygen atoms in total. The van der Waals surface area contributed by atoms with Crippen molar-refractivity contribution in [3.63, 3.8) is 0 Å². The van der Waals surface area contributed by atoms with Gasteiger partial charge in [-0.3, -0.25) is 14.8 Å². The van der Waals surface area contributed by atoms with E-state index in [2.05, 4.69) is 25.9 Å². The van der Waals surface area contributed by atoms with E-state index >= 15 is 0 Å². The van der Waals surface area contributed by atoms with Gasteiger partial charge in [0, 0.05) is 34.2 Å². The minimum Gasteiger partial charge on any atom is -0.441 e. The first kappa shape index (κ1) is 53.2. The van der Waals surface area contributed by atoms with Crippen molar-refractivity contribution in [1.29, 1.82) is 0 Å². The second-order valence-electron chi connectivity index (χ2n) is 15.2. The highest BCUT2D eigenvalue weighted by atomic mass is 16.8. The molecule has 0 aromatic rings. The molecule has 64 heavy (non-hydrogen) atoms. The van der Waals surface area contributed by atoms with Crippen molar-refractivity contribution in [3.8, 4) is 0 Å². The van der Waals surface area contributed by atoms with Crippen LogP contribution in [0.3, 0.4) is 0 Å². The third-order valence-electron chi connectivity index (χ3n) is 10.8. The van der Waals surface area contributed by atoms with Crippen LogP contribution in [-0.2, 0) is 47.4 Å². The number of aliphatic hydroxyl groups excluding tert-OH is 10. The maximum absolute atomic E-state index is 12.4. The van der Waals surface area contributed by atoms with Gasteiger partial charge in [-0.15, -0.1) is 0 Å². The number of hydrogen-bond acceptors (Lipinski definition) is 23. The van der Waals surface area contributed by atoms with E-state index in [1.807, 2.05) is 0 Å². The van der Waals surface area contributed by atoms with E-state index in [4.69, 9.17) is 59.8 Å². The highest BCUT2D eigenvalue weighted by Gasteiger charge is 2.56. The van der Waals surface area contributed by atoms with E-state index in [1.165, 1.54) is 14.2 Å². The number of ether oxygens (including phenoxy) is 9. The first-order valence-electron chi connectivity index (χ1n) is 20.3. The van der Waals surface area contributed by atoms with Crippen molar-refractivity contribution in [2.24, 2.45) is 27.2 Å². The number of carbonyl (C=O) groups excluding carboxylic acids is 2. The minimum absolute atomic E-state index is 0.216. The number of rotatable bonds is 19. The average Bonchev–Trinajstić information content (AvgIpc) is 3.26. The number of carbonyl (C=O) groups is 2. The number of aliphatic imine (C=N–C) groups is 2. The van der Waals surface area contributed by atoms with Gasteiger partial charge >= 0.3 is 6.09 Å². The molecule has 0 aromatic heterocycles. The number of nitrogens with one attached hydrogen (secondary N) is 3. The Hall–Kier alpha value is -3.44. The summed E-state index contributed by atoms with van der Waals surface area (Å²) in [6, 6.07) is -1.48. The Kier molecular flexibility index (Phi) is 20.7. The lowest BCUT2D eigenvalue weighted by molar-refractivity contribution is -0.380. The fraction of sp³-hybridized carbons (Fsp3) is 0.886. The SMILES string of the molecule is CN=C(N)NCCCCN=C(N)N[C@H]1O[C@@H](CO)[C@H](OC(N)=O)[C@H](O[C@@H]2O[C@H](CO)[C@@H](NC(C)=O)[C@H](O[C@@H]3O[C@H](CO)[C@H](O)[C@H](O[C@@H]4O[C@H](CO)[C@H](OC)[C@H](O)[C@H]4O)[C@H]3O)[C@H]2O)[C@H]1O. The van der Waals surface area contributed by atoms with E-state index in [0.29, 0.717) is 19.4 Å². The molecule has 0 saturated carbocycles. The maximum atomic E-state index is 12.4. The molecule has 4 saturated heterocycles. The average molecular weight is 933 g/mol. The molecule has 4 aliphatic rings. The molecule has 0 spiro atoms. The first-order valence-corrected chi connectivity index (χ1v) is 20.3.